The van der Waals surface area contributed by atoms with E-state index >= 15 is 0 Å². The average Bonchev–Trinajstić information content (AvgIpc) is 2.11. The highest BCUT2D eigenvalue weighted by Gasteiger charge is 2.18. The maximum atomic E-state index is 10.5. The Morgan fingerprint density at radius 1 is 1.53 bits per heavy atom. The van der Waals surface area contributed by atoms with Gasteiger partial charge in [-0.1, -0.05) is 19.3 Å². The number of carboxylic acid groups (broad SMARTS) is 1. The molecule has 1 rings (SSSR count). The fourth-order valence-electron chi connectivity index (χ4n) is 1.78. The van der Waals surface area contributed by atoms with Crippen molar-refractivity contribution in [3.8, 4) is 0 Å². The highest BCUT2D eigenvalue weighted by molar-refractivity contribution is 5.72. The van der Waals surface area contributed by atoms with E-state index < -0.39 is 12.0 Å². The molecular formula is C11H22N2O2. The summed E-state index contributed by atoms with van der Waals surface area (Å²) in [4.78, 5) is 12.7. The summed E-state index contributed by atoms with van der Waals surface area (Å²) in [5.74, 6) is 0.0167. The Bertz CT molecular complexity index is 205. The standard InChI is InChI=1S/C11H22N2O2/c1-13(7-5-9-3-2-4-9)8-6-10(12)11(14)15/h9-10H,2-8,12H2,1H3,(H,14,15). The second-order valence-corrected chi connectivity index (χ2v) is 4.62. The summed E-state index contributed by atoms with van der Waals surface area (Å²) >= 11 is 0. The van der Waals surface area contributed by atoms with E-state index in [-0.39, 0.29) is 0 Å². The molecular weight excluding hydrogens is 192 g/mol. The van der Waals surface area contributed by atoms with Crippen LogP contribution in [0.25, 0.3) is 0 Å². The molecule has 0 heterocycles. The van der Waals surface area contributed by atoms with Crippen LogP contribution in [0.3, 0.4) is 0 Å². The Morgan fingerprint density at radius 2 is 2.20 bits per heavy atom. The molecule has 4 nitrogen and oxygen atoms in total. The van der Waals surface area contributed by atoms with Crippen LogP contribution in [0.1, 0.15) is 32.1 Å². The summed E-state index contributed by atoms with van der Waals surface area (Å²) in [6.45, 7) is 1.84. The molecule has 1 fully saturated rings. The van der Waals surface area contributed by atoms with Crippen LogP contribution < -0.4 is 5.73 Å². The monoisotopic (exact) mass is 214 g/mol. The van der Waals surface area contributed by atoms with Crippen molar-refractivity contribution in [1.82, 2.24) is 4.90 Å². The summed E-state index contributed by atoms with van der Waals surface area (Å²) in [6, 6.07) is -0.712. The van der Waals surface area contributed by atoms with Crippen LogP contribution in [-0.2, 0) is 4.79 Å². The fraction of sp³-hybridized carbons (Fsp3) is 0.909. The molecule has 1 aliphatic carbocycles. The van der Waals surface area contributed by atoms with Gasteiger partial charge in [0.2, 0.25) is 0 Å². The quantitative estimate of drug-likeness (QED) is 0.661. The van der Waals surface area contributed by atoms with Gasteiger partial charge in [-0.2, -0.15) is 0 Å². The van der Waals surface area contributed by atoms with Gasteiger partial charge < -0.3 is 15.7 Å². The van der Waals surface area contributed by atoms with Gasteiger partial charge in [-0.05, 0) is 38.9 Å². The number of rotatable bonds is 7. The first-order chi connectivity index (χ1) is 7.09. The Kier molecular flexibility index (Phi) is 5.05. The maximum Gasteiger partial charge on any atom is 0.320 e. The third-order valence-electron chi connectivity index (χ3n) is 3.28. The SMILES string of the molecule is CN(CCC1CCC1)CCC(N)C(=O)O. The van der Waals surface area contributed by atoms with Crippen LogP contribution in [0.15, 0.2) is 0 Å². The second-order valence-electron chi connectivity index (χ2n) is 4.62. The van der Waals surface area contributed by atoms with E-state index in [1.165, 1.54) is 25.7 Å². The fourth-order valence-corrected chi connectivity index (χ4v) is 1.78. The molecule has 0 saturated heterocycles. The van der Waals surface area contributed by atoms with E-state index in [1.807, 2.05) is 7.05 Å². The smallest absolute Gasteiger partial charge is 0.320 e. The summed E-state index contributed by atoms with van der Waals surface area (Å²) in [7, 11) is 2.03. The third kappa shape index (κ3) is 4.62. The highest BCUT2D eigenvalue weighted by atomic mass is 16.4. The molecule has 0 aromatic carbocycles. The number of nitrogens with zero attached hydrogens (tertiary/aromatic N) is 1. The first-order valence-electron chi connectivity index (χ1n) is 5.76. The van der Waals surface area contributed by atoms with Gasteiger partial charge in [-0.15, -0.1) is 0 Å². The predicted octanol–water partition coefficient (Wildman–Crippen LogP) is 0.910. The van der Waals surface area contributed by atoms with E-state index in [2.05, 4.69) is 4.90 Å². The zero-order chi connectivity index (χ0) is 11.3. The van der Waals surface area contributed by atoms with E-state index in [0.29, 0.717) is 6.42 Å². The van der Waals surface area contributed by atoms with Gasteiger partial charge in [-0.25, -0.2) is 0 Å². The molecule has 3 N–H and O–H groups in total. The minimum absolute atomic E-state index is 0.538. The summed E-state index contributed by atoms with van der Waals surface area (Å²) in [5.41, 5.74) is 5.43. The second kappa shape index (κ2) is 6.08. The van der Waals surface area contributed by atoms with Gasteiger partial charge in [0, 0.05) is 0 Å². The number of hydrogen-bond donors (Lipinski definition) is 2. The van der Waals surface area contributed by atoms with E-state index in [9.17, 15) is 4.79 Å². The lowest BCUT2D eigenvalue weighted by atomic mass is 9.83. The Morgan fingerprint density at radius 3 is 2.67 bits per heavy atom. The van der Waals surface area contributed by atoms with Crippen molar-refractivity contribution >= 4 is 5.97 Å². The van der Waals surface area contributed by atoms with Crippen molar-refractivity contribution in [2.75, 3.05) is 20.1 Å². The molecule has 1 atom stereocenters. The Balaban J connectivity index is 2.01. The summed E-state index contributed by atoms with van der Waals surface area (Å²) in [6.07, 6.45) is 5.93. The van der Waals surface area contributed by atoms with Crippen LogP contribution in [0, 0.1) is 5.92 Å². The molecule has 4 heteroatoms. The maximum absolute atomic E-state index is 10.5. The first-order valence-corrected chi connectivity index (χ1v) is 5.76. The minimum Gasteiger partial charge on any atom is -0.480 e. The van der Waals surface area contributed by atoms with Crippen molar-refractivity contribution in [3.63, 3.8) is 0 Å². The van der Waals surface area contributed by atoms with Crippen LogP contribution in [0.4, 0.5) is 0 Å². The van der Waals surface area contributed by atoms with Crippen molar-refractivity contribution in [2.45, 2.75) is 38.1 Å². The molecule has 1 aliphatic rings. The Labute approximate surface area is 91.4 Å². The molecule has 0 aliphatic heterocycles. The largest absolute Gasteiger partial charge is 0.480 e. The van der Waals surface area contributed by atoms with Gasteiger partial charge in [0.05, 0.1) is 0 Å². The first kappa shape index (κ1) is 12.5. The van der Waals surface area contributed by atoms with Gasteiger partial charge in [0.1, 0.15) is 6.04 Å². The molecule has 0 aromatic heterocycles. The lowest BCUT2D eigenvalue weighted by Gasteiger charge is -2.27. The van der Waals surface area contributed by atoms with Gasteiger partial charge >= 0.3 is 5.97 Å². The van der Waals surface area contributed by atoms with Crippen LogP contribution in [-0.4, -0.2) is 42.2 Å². The van der Waals surface area contributed by atoms with E-state index in [1.54, 1.807) is 0 Å². The molecule has 1 unspecified atom stereocenters. The number of carboxylic acids is 1. The number of carbonyl (C=O) groups is 1. The molecule has 0 radical (unpaired) electrons. The van der Waals surface area contributed by atoms with Crippen molar-refractivity contribution in [2.24, 2.45) is 11.7 Å². The molecule has 0 amide bonds. The van der Waals surface area contributed by atoms with Crippen molar-refractivity contribution in [1.29, 1.82) is 0 Å². The Hall–Kier alpha value is -0.610. The number of hydrogen-bond acceptors (Lipinski definition) is 3. The normalized spacial score (nSPS) is 18.9. The van der Waals surface area contributed by atoms with Crippen LogP contribution in [0.2, 0.25) is 0 Å². The third-order valence-corrected chi connectivity index (χ3v) is 3.28. The zero-order valence-electron chi connectivity index (χ0n) is 9.48. The van der Waals surface area contributed by atoms with Crippen LogP contribution >= 0.6 is 0 Å². The van der Waals surface area contributed by atoms with Crippen molar-refractivity contribution in [3.05, 3.63) is 0 Å². The van der Waals surface area contributed by atoms with Gasteiger partial charge in [0.15, 0.2) is 0 Å². The van der Waals surface area contributed by atoms with Gasteiger partial charge in [-0.3, -0.25) is 4.79 Å². The van der Waals surface area contributed by atoms with Crippen LogP contribution in [0.5, 0.6) is 0 Å². The molecule has 15 heavy (non-hydrogen) atoms. The number of aliphatic carboxylic acids is 1. The predicted molar refractivity (Wildman–Crippen MR) is 59.7 cm³/mol. The van der Waals surface area contributed by atoms with Gasteiger partial charge in [0.25, 0.3) is 0 Å². The minimum atomic E-state index is -0.901. The van der Waals surface area contributed by atoms with E-state index in [0.717, 1.165) is 19.0 Å². The molecule has 0 spiro atoms. The molecule has 0 aromatic rings. The molecule has 1 saturated carbocycles. The van der Waals surface area contributed by atoms with E-state index in [4.69, 9.17) is 10.8 Å². The molecule has 88 valence electrons. The topological polar surface area (TPSA) is 66.6 Å². The summed E-state index contributed by atoms with van der Waals surface area (Å²) < 4.78 is 0. The molecule has 0 bridgehead atoms. The zero-order valence-corrected chi connectivity index (χ0v) is 9.48. The van der Waals surface area contributed by atoms with Crippen molar-refractivity contribution < 1.29 is 9.90 Å². The highest BCUT2D eigenvalue weighted by Crippen LogP contribution is 2.29. The average molecular weight is 214 g/mol. The lowest BCUT2D eigenvalue weighted by Crippen LogP contribution is -2.35. The lowest BCUT2D eigenvalue weighted by molar-refractivity contribution is -0.138. The summed E-state index contributed by atoms with van der Waals surface area (Å²) in [5, 5.41) is 8.62. The number of nitrogens with two attached hydrogens (primary N) is 1.